The highest BCUT2D eigenvalue weighted by Crippen LogP contribution is 2.61. The Labute approximate surface area is 199 Å². The van der Waals surface area contributed by atoms with E-state index in [-0.39, 0.29) is 10.9 Å². The average molecular weight is 466 g/mol. The van der Waals surface area contributed by atoms with E-state index in [1.165, 1.54) is 0 Å². The zero-order valence-corrected chi connectivity index (χ0v) is 19.5. The van der Waals surface area contributed by atoms with E-state index in [2.05, 4.69) is 47.6 Å². The van der Waals surface area contributed by atoms with Gasteiger partial charge in [-0.25, -0.2) is 0 Å². The lowest BCUT2D eigenvalue weighted by molar-refractivity contribution is 0.0978. The van der Waals surface area contributed by atoms with Gasteiger partial charge in [0.15, 0.2) is 12.3 Å². The fourth-order valence-electron chi connectivity index (χ4n) is 3.91. The first-order valence-electron chi connectivity index (χ1n) is 10.4. The molecule has 1 amide bonds. The topological polar surface area (TPSA) is 53.0 Å². The first-order valence-corrected chi connectivity index (χ1v) is 12.6. The highest BCUT2D eigenvalue weighted by atomic mass is 32.1. The molecule has 0 saturated heterocycles. The lowest BCUT2D eigenvalue weighted by atomic mass is 10.2. The van der Waals surface area contributed by atoms with Crippen molar-refractivity contribution < 1.29 is 4.79 Å². The van der Waals surface area contributed by atoms with Crippen LogP contribution in [-0.2, 0) is 0 Å². The smallest absolute Gasteiger partial charge is 0.256 e. The van der Waals surface area contributed by atoms with E-state index >= 15 is 0 Å². The van der Waals surface area contributed by atoms with Crippen molar-refractivity contribution in [3.8, 4) is 0 Å². The second-order valence-electron chi connectivity index (χ2n) is 7.30. The van der Waals surface area contributed by atoms with Gasteiger partial charge in [-0.15, -0.1) is 0 Å². The average Bonchev–Trinajstić information content (AvgIpc) is 2.89. The third-order valence-electron chi connectivity index (χ3n) is 5.36. The first kappa shape index (κ1) is 22.5. The van der Waals surface area contributed by atoms with E-state index in [1.54, 1.807) is 24.3 Å². The molecule has 0 fully saturated rings. The van der Waals surface area contributed by atoms with E-state index in [4.69, 9.17) is 17.6 Å². The third-order valence-corrected chi connectivity index (χ3v) is 10.0. The minimum atomic E-state index is -2.61. The molecule has 4 aromatic carbocycles. The molecule has 33 heavy (non-hydrogen) atoms. The van der Waals surface area contributed by atoms with E-state index in [1.807, 2.05) is 60.7 Å². The lowest BCUT2D eigenvalue weighted by Crippen LogP contribution is -2.39. The maximum absolute atomic E-state index is 12.9. The van der Waals surface area contributed by atoms with E-state index in [9.17, 15) is 4.79 Å². The Balaban J connectivity index is 1.93. The summed E-state index contributed by atoms with van der Waals surface area (Å²) in [5.74, 6) is 2.35. The molecule has 2 N–H and O–H groups in total. The van der Waals surface area contributed by atoms with Crippen LogP contribution in [0.4, 0.5) is 0 Å². The van der Waals surface area contributed by atoms with Crippen LogP contribution in [0, 0.1) is 5.41 Å². The van der Waals surface area contributed by atoms with Crippen molar-refractivity contribution in [1.82, 2.24) is 5.32 Å². The molecule has 0 spiro atoms. The summed E-state index contributed by atoms with van der Waals surface area (Å²) in [7, 11) is -2.61. The summed E-state index contributed by atoms with van der Waals surface area (Å²) in [6.45, 7) is 0. The standard InChI is InChI=1S/C28H21N2OPS/c29-21-26(28(33)30-27(31)22-13-5-1-6-14-22)32(23-15-7-2-8-16-23,24-17-9-3-10-18-24)25-19-11-4-12-20-25/h1-20,29H/p+1. The molecule has 0 aliphatic carbocycles. The van der Waals surface area contributed by atoms with Crippen molar-refractivity contribution in [2.45, 2.75) is 0 Å². The number of nitrogens with one attached hydrogen (secondary N) is 2. The third kappa shape index (κ3) is 4.46. The molecular formula is C28H22N2OPS+. The minimum absolute atomic E-state index is 0.212. The van der Waals surface area contributed by atoms with Gasteiger partial charge >= 0.3 is 0 Å². The van der Waals surface area contributed by atoms with Crippen molar-refractivity contribution in [2.75, 3.05) is 0 Å². The van der Waals surface area contributed by atoms with Crippen molar-refractivity contribution >= 4 is 52.2 Å². The summed E-state index contributed by atoms with van der Waals surface area (Å²) in [6, 6.07) is 39.2. The zero-order valence-electron chi connectivity index (χ0n) is 17.8. The van der Waals surface area contributed by atoms with Gasteiger partial charge in [0.1, 0.15) is 15.9 Å². The molecule has 3 nitrogen and oxygen atoms in total. The van der Waals surface area contributed by atoms with Crippen molar-refractivity contribution in [1.29, 1.82) is 5.41 Å². The zero-order chi connectivity index (χ0) is 23.1. The number of thiocarbonyl (C=S) groups is 1. The Bertz CT molecular complexity index is 1210. The molecule has 0 unspecified atom stereocenters. The SMILES string of the molecule is N=C=C(C(=S)NC(=O)c1ccccc1)[P+](c1ccccc1)(c1ccccc1)c1ccccc1. The summed E-state index contributed by atoms with van der Waals surface area (Å²) < 4.78 is 0. The Hall–Kier alpha value is -3.68. The van der Waals surface area contributed by atoms with Crippen LogP contribution < -0.4 is 21.2 Å². The van der Waals surface area contributed by atoms with Crippen LogP contribution in [0.2, 0.25) is 0 Å². The molecule has 160 valence electrons. The number of rotatable bonds is 6. The highest BCUT2D eigenvalue weighted by Gasteiger charge is 2.52. The van der Waals surface area contributed by atoms with Crippen molar-refractivity contribution in [3.63, 3.8) is 0 Å². The van der Waals surface area contributed by atoms with Gasteiger partial charge < -0.3 is 5.32 Å². The van der Waals surface area contributed by atoms with Crippen molar-refractivity contribution in [2.24, 2.45) is 0 Å². The van der Waals surface area contributed by atoms with Crippen LogP contribution >= 0.6 is 19.5 Å². The van der Waals surface area contributed by atoms with Gasteiger partial charge in [0.25, 0.3) is 5.91 Å². The van der Waals surface area contributed by atoms with Crippen LogP contribution in [0.25, 0.3) is 0 Å². The molecular weight excluding hydrogens is 443 g/mol. The molecule has 4 rings (SSSR count). The molecule has 0 saturated carbocycles. The lowest BCUT2D eigenvalue weighted by Gasteiger charge is -2.28. The number of benzene rings is 4. The quantitative estimate of drug-likeness (QED) is 0.185. The first-order chi connectivity index (χ1) is 16.2. The highest BCUT2D eigenvalue weighted by molar-refractivity contribution is 8.01. The fraction of sp³-hybridized carbons (Fsp3) is 0. The number of carbonyl (C=O) groups excluding carboxylic acids is 1. The Morgan fingerprint density at radius 3 is 1.39 bits per heavy atom. The maximum atomic E-state index is 12.9. The van der Waals surface area contributed by atoms with Crippen LogP contribution in [0.15, 0.2) is 127 Å². The molecule has 0 radical (unpaired) electrons. The second-order valence-corrected chi connectivity index (χ2v) is 11.0. The molecule has 0 aliphatic rings. The molecule has 0 aromatic heterocycles. The van der Waals surface area contributed by atoms with Gasteiger partial charge in [-0.3, -0.25) is 10.2 Å². The van der Waals surface area contributed by atoms with Crippen LogP contribution in [-0.4, -0.2) is 16.8 Å². The number of hydrogen-bond donors (Lipinski definition) is 2. The summed E-state index contributed by atoms with van der Waals surface area (Å²) in [5, 5.41) is 14.8. The predicted molar refractivity (Wildman–Crippen MR) is 143 cm³/mol. The number of amides is 1. The van der Waals surface area contributed by atoms with Crippen molar-refractivity contribution in [3.05, 3.63) is 132 Å². The van der Waals surface area contributed by atoms with Gasteiger partial charge in [-0.05, 0) is 48.5 Å². The number of hydrogen-bond acceptors (Lipinski definition) is 3. The molecule has 0 atom stereocenters. The normalized spacial score (nSPS) is 10.7. The van der Waals surface area contributed by atoms with Crippen LogP contribution in [0.3, 0.4) is 0 Å². The minimum Gasteiger partial charge on any atom is -0.309 e. The Morgan fingerprint density at radius 1 is 0.667 bits per heavy atom. The maximum Gasteiger partial charge on any atom is 0.256 e. The van der Waals surface area contributed by atoms with Gasteiger partial charge in [-0.1, -0.05) is 85.0 Å². The Morgan fingerprint density at radius 2 is 1.03 bits per heavy atom. The Kier molecular flexibility index (Phi) is 7.02. The van der Waals surface area contributed by atoms with Gasteiger partial charge in [0.05, 0.1) is 0 Å². The van der Waals surface area contributed by atoms with E-state index in [0.717, 1.165) is 15.9 Å². The van der Waals surface area contributed by atoms with Gasteiger partial charge in [0.2, 0.25) is 5.31 Å². The summed E-state index contributed by atoms with van der Waals surface area (Å²) >= 11 is 5.78. The number of carbonyl (C=O) groups is 1. The molecule has 5 heteroatoms. The van der Waals surface area contributed by atoms with Crippen LogP contribution in [0.5, 0.6) is 0 Å². The molecule has 4 aromatic rings. The monoisotopic (exact) mass is 465 g/mol. The van der Waals surface area contributed by atoms with E-state index < -0.39 is 7.26 Å². The summed E-state index contributed by atoms with van der Waals surface area (Å²) in [5.41, 5.74) is 0.507. The van der Waals surface area contributed by atoms with Gasteiger partial charge in [-0.2, -0.15) is 0 Å². The summed E-state index contributed by atoms with van der Waals surface area (Å²) in [6.07, 6.45) is 0. The van der Waals surface area contributed by atoms with Crippen LogP contribution in [0.1, 0.15) is 10.4 Å². The summed E-state index contributed by atoms with van der Waals surface area (Å²) in [4.78, 5) is 13.1. The van der Waals surface area contributed by atoms with Gasteiger partial charge in [0, 0.05) is 11.4 Å². The molecule has 0 bridgehead atoms. The largest absolute Gasteiger partial charge is 0.309 e. The fourth-order valence-corrected chi connectivity index (χ4v) is 8.52. The second kappa shape index (κ2) is 10.3. The molecule has 0 aliphatic heterocycles. The molecule has 0 heterocycles. The van der Waals surface area contributed by atoms with E-state index in [0.29, 0.717) is 10.9 Å². The predicted octanol–water partition coefficient (Wildman–Crippen LogP) is 4.87.